The summed E-state index contributed by atoms with van der Waals surface area (Å²) < 4.78 is 10.1. The molecule has 0 saturated carbocycles. The summed E-state index contributed by atoms with van der Waals surface area (Å²) in [5, 5.41) is 15.2. The Hall–Kier alpha value is -3.43. The molecule has 0 radical (unpaired) electrons. The van der Waals surface area contributed by atoms with Gasteiger partial charge >= 0.3 is 5.69 Å². The molecule has 0 amide bonds. The van der Waals surface area contributed by atoms with Gasteiger partial charge in [0.25, 0.3) is 5.56 Å². The Labute approximate surface area is 149 Å². The smallest absolute Gasteiger partial charge is 0.315 e. The van der Waals surface area contributed by atoms with E-state index in [1.54, 1.807) is 0 Å². The number of ether oxygens (including phenoxy) is 2. The van der Waals surface area contributed by atoms with Crippen molar-refractivity contribution in [1.29, 1.82) is 0 Å². The molecule has 0 bridgehead atoms. The lowest BCUT2D eigenvalue weighted by molar-refractivity contribution is -0.385. The molecule has 26 heavy (non-hydrogen) atoms. The van der Waals surface area contributed by atoms with Crippen LogP contribution in [0.3, 0.4) is 0 Å². The van der Waals surface area contributed by atoms with E-state index >= 15 is 0 Å². The largest absolute Gasteiger partial charge is 0.493 e. The van der Waals surface area contributed by atoms with Crippen LogP contribution in [0.1, 0.15) is 31.0 Å². The Morgan fingerprint density at radius 3 is 2.62 bits per heavy atom. The summed E-state index contributed by atoms with van der Waals surface area (Å²) in [5.41, 5.74) is 3.08. The Morgan fingerprint density at radius 1 is 1.31 bits per heavy atom. The van der Waals surface area contributed by atoms with Crippen molar-refractivity contribution in [3.63, 3.8) is 0 Å². The molecule has 0 atom stereocenters. The van der Waals surface area contributed by atoms with Gasteiger partial charge in [-0.3, -0.25) is 19.9 Å². The summed E-state index contributed by atoms with van der Waals surface area (Å²) in [4.78, 5) is 29.0. The molecule has 2 N–H and O–H groups in total. The van der Waals surface area contributed by atoms with E-state index in [0.717, 1.165) is 0 Å². The number of hydrogen-bond donors (Lipinski definition) is 2. The van der Waals surface area contributed by atoms with E-state index in [0.29, 0.717) is 11.3 Å². The van der Waals surface area contributed by atoms with Crippen molar-refractivity contribution in [2.45, 2.75) is 19.8 Å². The van der Waals surface area contributed by atoms with Crippen molar-refractivity contribution >= 4 is 17.9 Å². The van der Waals surface area contributed by atoms with Crippen molar-refractivity contribution in [3.8, 4) is 11.5 Å². The number of methoxy groups -OCH3 is 2. The third kappa shape index (κ3) is 4.35. The molecule has 0 fully saturated rings. The van der Waals surface area contributed by atoms with E-state index < -0.39 is 4.92 Å². The van der Waals surface area contributed by atoms with Gasteiger partial charge in [-0.2, -0.15) is 5.10 Å². The van der Waals surface area contributed by atoms with E-state index in [9.17, 15) is 14.9 Å². The Balaban J connectivity index is 2.30. The molecular formula is C16H19N5O5. The zero-order chi connectivity index (χ0) is 19.3. The number of nitrogens with one attached hydrogen (secondary N) is 2. The summed E-state index contributed by atoms with van der Waals surface area (Å²) in [6.45, 7) is 3.83. The summed E-state index contributed by atoms with van der Waals surface area (Å²) in [6.07, 6.45) is 1.34. The highest BCUT2D eigenvalue weighted by molar-refractivity contribution is 5.83. The standard InChI is InChI=1S/C16H19N5O5/c1-9(2)11-7-14(22)19-16(18-11)20-17-8-10-5-12(21(23)24)15(26-4)13(6-10)25-3/h5-9H,1-4H3,(H2,18,19,20,22)/b17-8-. The zero-order valence-electron chi connectivity index (χ0n) is 14.8. The maximum absolute atomic E-state index is 11.6. The minimum Gasteiger partial charge on any atom is -0.493 e. The summed E-state index contributed by atoms with van der Waals surface area (Å²) >= 11 is 0. The summed E-state index contributed by atoms with van der Waals surface area (Å²) in [5.74, 6) is 0.484. The first-order chi connectivity index (χ1) is 12.3. The van der Waals surface area contributed by atoms with Gasteiger partial charge in [0.05, 0.1) is 31.1 Å². The molecule has 0 aliphatic heterocycles. The number of hydrazone groups is 1. The fourth-order valence-electron chi connectivity index (χ4n) is 2.17. The molecule has 0 aliphatic rings. The van der Waals surface area contributed by atoms with Gasteiger partial charge in [0, 0.05) is 17.7 Å². The van der Waals surface area contributed by atoms with Crippen molar-refractivity contribution < 1.29 is 14.4 Å². The normalized spacial score (nSPS) is 11.0. The molecule has 0 saturated heterocycles. The third-order valence-electron chi connectivity index (χ3n) is 3.42. The predicted octanol–water partition coefficient (Wildman–Crippen LogP) is 2.26. The Kier molecular flexibility index (Phi) is 5.89. The van der Waals surface area contributed by atoms with Crippen LogP contribution in [-0.4, -0.2) is 35.3 Å². The quantitative estimate of drug-likeness (QED) is 0.439. The van der Waals surface area contributed by atoms with E-state index in [1.807, 2.05) is 13.8 Å². The highest BCUT2D eigenvalue weighted by Gasteiger charge is 2.21. The number of anilines is 1. The first kappa shape index (κ1) is 18.9. The minimum atomic E-state index is -0.572. The van der Waals surface area contributed by atoms with Crippen molar-refractivity contribution in [3.05, 3.63) is 49.9 Å². The third-order valence-corrected chi connectivity index (χ3v) is 3.42. The zero-order valence-corrected chi connectivity index (χ0v) is 14.8. The molecule has 0 aliphatic carbocycles. The Bertz CT molecular complexity index is 891. The molecule has 2 rings (SSSR count). The van der Waals surface area contributed by atoms with Gasteiger partial charge in [0.2, 0.25) is 11.7 Å². The van der Waals surface area contributed by atoms with Gasteiger partial charge < -0.3 is 9.47 Å². The number of nitrogens with zero attached hydrogens (tertiary/aromatic N) is 3. The number of benzene rings is 1. The number of H-pyrrole nitrogens is 1. The highest BCUT2D eigenvalue weighted by Crippen LogP contribution is 2.37. The molecule has 0 spiro atoms. The van der Waals surface area contributed by atoms with E-state index in [-0.39, 0.29) is 34.6 Å². The second-order valence-electron chi connectivity index (χ2n) is 5.58. The van der Waals surface area contributed by atoms with Crippen LogP contribution < -0.4 is 20.5 Å². The van der Waals surface area contributed by atoms with Crippen LogP contribution in [0, 0.1) is 10.1 Å². The topological polar surface area (TPSA) is 132 Å². The monoisotopic (exact) mass is 361 g/mol. The molecule has 10 nitrogen and oxygen atoms in total. The molecule has 0 unspecified atom stereocenters. The van der Waals surface area contributed by atoms with Crippen LogP contribution in [-0.2, 0) is 0 Å². The van der Waals surface area contributed by atoms with Gasteiger partial charge in [-0.05, 0) is 12.0 Å². The average Bonchev–Trinajstić information content (AvgIpc) is 2.60. The number of aromatic amines is 1. The maximum atomic E-state index is 11.6. The molecule has 10 heteroatoms. The van der Waals surface area contributed by atoms with Crippen molar-refractivity contribution in [2.24, 2.45) is 5.10 Å². The van der Waals surface area contributed by atoms with E-state index in [2.05, 4.69) is 20.5 Å². The van der Waals surface area contributed by atoms with Gasteiger partial charge in [-0.25, -0.2) is 10.4 Å². The fourth-order valence-corrected chi connectivity index (χ4v) is 2.17. The van der Waals surface area contributed by atoms with Crippen LogP contribution in [0.2, 0.25) is 0 Å². The highest BCUT2D eigenvalue weighted by atomic mass is 16.6. The van der Waals surface area contributed by atoms with Gasteiger partial charge in [0.1, 0.15) is 0 Å². The number of aromatic nitrogens is 2. The van der Waals surface area contributed by atoms with Crippen LogP contribution in [0.4, 0.5) is 11.6 Å². The molecule has 1 aromatic heterocycles. The molecule has 1 aromatic carbocycles. The Morgan fingerprint density at radius 2 is 2.04 bits per heavy atom. The van der Waals surface area contributed by atoms with Crippen LogP contribution in [0.15, 0.2) is 28.1 Å². The average molecular weight is 361 g/mol. The second-order valence-corrected chi connectivity index (χ2v) is 5.58. The van der Waals surface area contributed by atoms with E-state index in [4.69, 9.17) is 9.47 Å². The lowest BCUT2D eigenvalue weighted by Gasteiger charge is -2.08. The van der Waals surface area contributed by atoms with Gasteiger partial charge in [-0.15, -0.1) is 0 Å². The molecule has 138 valence electrons. The first-order valence-electron chi connectivity index (χ1n) is 7.66. The van der Waals surface area contributed by atoms with Crippen LogP contribution in [0.5, 0.6) is 11.5 Å². The lowest BCUT2D eigenvalue weighted by atomic mass is 10.1. The van der Waals surface area contributed by atoms with Crippen molar-refractivity contribution in [2.75, 3.05) is 19.6 Å². The summed E-state index contributed by atoms with van der Waals surface area (Å²) in [7, 11) is 2.71. The van der Waals surface area contributed by atoms with Crippen molar-refractivity contribution in [1.82, 2.24) is 9.97 Å². The van der Waals surface area contributed by atoms with Gasteiger partial charge in [-0.1, -0.05) is 13.8 Å². The number of nitro benzene ring substituents is 1. The lowest BCUT2D eigenvalue weighted by Crippen LogP contribution is -2.12. The van der Waals surface area contributed by atoms with Gasteiger partial charge in [0.15, 0.2) is 5.75 Å². The molecule has 1 heterocycles. The number of hydrogen-bond acceptors (Lipinski definition) is 8. The second kappa shape index (κ2) is 8.10. The van der Waals surface area contributed by atoms with E-state index in [1.165, 1.54) is 38.6 Å². The molecular weight excluding hydrogens is 342 g/mol. The van der Waals surface area contributed by atoms with Crippen LogP contribution >= 0.6 is 0 Å². The maximum Gasteiger partial charge on any atom is 0.315 e. The predicted molar refractivity (Wildman–Crippen MR) is 96.4 cm³/mol. The van der Waals surface area contributed by atoms with Crippen LogP contribution in [0.25, 0.3) is 0 Å². The SMILES string of the molecule is COc1cc(/C=N\Nc2nc(C(C)C)cc(=O)[nH]2)cc([N+](=O)[O-])c1OC. The summed E-state index contributed by atoms with van der Waals surface area (Å²) in [6, 6.07) is 4.25. The number of nitro groups is 1. The fraction of sp³-hybridized carbons (Fsp3) is 0.312. The minimum absolute atomic E-state index is 0.0261. The number of rotatable bonds is 7. The first-order valence-corrected chi connectivity index (χ1v) is 7.66. The molecule has 2 aromatic rings.